The Morgan fingerprint density at radius 1 is 1.40 bits per heavy atom. The number of hydrogen-bond acceptors (Lipinski definition) is 1. The second-order valence-corrected chi connectivity index (χ2v) is 5.34. The van der Waals surface area contributed by atoms with Gasteiger partial charge >= 0.3 is 0 Å². The lowest BCUT2D eigenvalue weighted by Gasteiger charge is -2.29. The van der Waals surface area contributed by atoms with Crippen molar-refractivity contribution in [3.8, 4) is 0 Å². The Morgan fingerprint density at radius 2 is 2.00 bits per heavy atom. The van der Waals surface area contributed by atoms with Gasteiger partial charge in [0.15, 0.2) is 0 Å². The van der Waals surface area contributed by atoms with Crippen LogP contribution < -0.4 is 0 Å². The molecular formula is C14H24O. The number of Topliss-reactive ketones (excluding diaryl/α,β-unsaturated/α-hetero) is 1. The molecule has 1 rings (SSSR count). The van der Waals surface area contributed by atoms with Gasteiger partial charge in [0.1, 0.15) is 5.78 Å². The van der Waals surface area contributed by atoms with E-state index in [0.29, 0.717) is 18.1 Å². The molecule has 0 spiro atoms. The fourth-order valence-electron chi connectivity index (χ4n) is 2.93. The highest BCUT2D eigenvalue weighted by atomic mass is 16.1. The van der Waals surface area contributed by atoms with Crippen LogP contribution in [0.25, 0.3) is 0 Å². The summed E-state index contributed by atoms with van der Waals surface area (Å²) in [6, 6.07) is 0. The third-order valence-corrected chi connectivity index (χ3v) is 3.53. The van der Waals surface area contributed by atoms with E-state index in [4.69, 9.17) is 0 Å². The number of hydrogen-bond donors (Lipinski definition) is 0. The van der Waals surface area contributed by atoms with Crippen molar-refractivity contribution in [1.82, 2.24) is 0 Å². The van der Waals surface area contributed by atoms with Gasteiger partial charge in [-0.25, -0.2) is 0 Å². The second kappa shape index (κ2) is 5.48. The standard InChI is InChI=1S/C14H24O/c1-4-5-8-13(15)14(11-12(2)3)9-6-7-10-14/h4,12H,1,5-11H2,2-3H3. The Labute approximate surface area is 93.9 Å². The first-order valence-corrected chi connectivity index (χ1v) is 6.25. The maximum absolute atomic E-state index is 12.2. The molecule has 0 aromatic rings. The average Bonchev–Trinajstić information content (AvgIpc) is 2.62. The fourth-order valence-corrected chi connectivity index (χ4v) is 2.93. The molecule has 0 aromatic carbocycles. The molecular weight excluding hydrogens is 184 g/mol. The Bertz CT molecular complexity index is 221. The van der Waals surface area contributed by atoms with Gasteiger partial charge < -0.3 is 0 Å². The first-order valence-electron chi connectivity index (χ1n) is 6.25. The Kier molecular flexibility index (Phi) is 4.56. The van der Waals surface area contributed by atoms with E-state index < -0.39 is 0 Å². The van der Waals surface area contributed by atoms with Gasteiger partial charge in [0.25, 0.3) is 0 Å². The van der Waals surface area contributed by atoms with Crippen molar-refractivity contribution in [2.24, 2.45) is 11.3 Å². The minimum absolute atomic E-state index is 0.0389. The van der Waals surface area contributed by atoms with E-state index >= 15 is 0 Å². The van der Waals surface area contributed by atoms with Crippen LogP contribution in [0.5, 0.6) is 0 Å². The van der Waals surface area contributed by atoms with Gasteiger partial charge in [-0.1, -0.05) is 32.8 Å². The van der Waals surface area contributed by atoms with E-state index in [9.17, 15) is 4.79 Å². The van der Waals surface area contributed by atoms with E-state index in [0.717, 1.165) is 25.7 Å². The number of carbonyl (C=O) groups is 1. The highest BCUT2D eigenvalue weighted by molar-refractivity contribution is 5.85. The lowest BCUT2D eigenvalue weighted by atomic mass is 9.74. The van der Waals surface area contributed by atoms with Crippen molar-refractivity contribution >= 4 is 5.78 Å². The van der Waals surface area contributed by atoms with Gasteiger partial charge in [0.2, 0.25) is 0 Å². The maximum Gasteiger partial charge on any atom is 0.139 e. The quantitative estimate of drug-likeness (QED) is 0.600. The zero-order valence-corrected chi connectivity index (χ0v) is 10.2. The van der Waals surface area contributed by atoms with E-state index in [1.165, 1.54) is 12.8 Å². The topological polar surface area (TPSA) is 17.1 Å². The summed E-state index contributed by atoms with van der Waals surface area (Å²) in [4.78, 5) is 12.2. The predicted octanol–water partition coefficient (Wildman–Crippen LogP) is 4.13. The molecule has 1 fully saturated rings. The molecule has 1 nitrogen and oxygen atoms in total. The highest BCUT2D eigenvalue weighted by Gasteiger charge is 2.40. The van der Waals surface area contributed by atoms with Crippen molar-refractivity contribution in [3.05, 3.63) is 12.7 Å². The molecule has 0 saturated heterocycles. The maximum atomic E-state index is 12.2. The summed E-state index contributed by atoms with van der Waals surface area (Å²) >= 11 is 0. The molecule has 15 heavy (non-hydrogen) atoms. The molecule has 0 aliphatic heterocycles. The molecule has 86 valence electrons. The molecule has 0 bridgehead atoms. The van der Waals surface area contributed by atoms with Crippen molar-refractivity contribution in [2.45, 2.75) is 58.8 Å². The van der Waals surface area contributed by atoms with Crippen LogP contribution in [0.2, 0.25) is 0 Å². The molecule has 1 saturated carbocycles. The van der Waals surface area contributed by atoms with Gasteiger partial charge in [0, 0.05) is 11.8 Å². The minimum Gasteiger partial charge on any atom is -0.299 e. The molecule has 1 aliphatic carbocycles. The lowest BCUT2D eigenvalue weighted by Crippen LogP contribution is -2.29. The lowest BCUT2D eigenvalue weighted by molar-refractivity contribution is -0.129. The predicted molar refractivity (Wildman–Crippen MR) is 64.8 cm³/mol. The molecule has 1 heteroatoms. The number of rotatable bonds is 6. The van der Waals surface area contributed by atoms with E-state index in [2.05, 4.69) is 20.4 Å². The van der Waals surface area contributed by atoms with Crippen LogP contribution in [0.4, 0.5) is 0 Å². The van der Waals surface area contributed by atoms with Gasteiger partial charge in [-0.15, -0.1) is 6.58 Å². The zero-order valence-electron chi connectivity index (χ0n) is 10.2. The van der Waals surface area contributed by atoms with Crippen molar-refractivity contribution in [2.75, 3.05) is 0 Å². The van der Waals surface area contributed by atoms with Crippen molar-refractivity contribution in [1.29, 1.82) is 0 Å². The first kappa shape index (κ1) is 12.5. The van der Waals surface area contributed by atoms with E-state index in [-0.39, 0.29) is 5.41 Å². The van der Waals surface area contributed by atoms with Crippen LogP contribution in [-0.4, -0.2) is 5.78 Å². The normalized spacial score (nSPS) is 19.4. The number of ketones is 1. The average molecular weight is 208 g/mol. The van der Waals surface area contributed by atoms with Crippen LogP contribution in [0.1, 0.15) is 58.8 Å². The summed E-state index contributed by atoms with van der Waals surface area (Å²) in [6.07, 6.45) is 9.23. The molecule has 0 amide bonds. The summed E-state index contributed by atoms with van der Waals surface area (Å²) in [5, 5.41) is 0. The summed E-state index contributed by atoms with van der Waals surface area (Å²) in [5.74, 6) is 1.13. The largest absolute Gasteiger partial charge is 0.299 e. The van der Waals surface area contributed by atoms with E-state index in [1.807, 2.05) is 6.08 Å². The fraction of sp³-hybridized carbons (Fsp3) is 0.786. The summed E-state index contributed by atoms with van der Waals surface area (Å²) in [6.45, 7) is 8.14. The molecule has 0 heterocycles. The zero-order chi connectivity index (χ0) is 11.3. The van der Waals surface area contributed by atoms with Crippen LogP contribution in [0.15, 0.2) is 12.7 Å². The van der Waals surface area contributed by atoms with Gasteiger partial charge in [-0.05, 0) is 31.6 Å². The van der Waals surface area contributed by atoms with E-state index in [1.54, 1.807) is 0 Å². The summed E-state index contributed by atoms with van der Waals surface area (Å²) in [5.41, 5.74) is 0.0389. The van der Waals surface area contributed by atoms with Crippen molar-refractivity contribution < 1.29 is 4.79 Å². The molecule has 0 N–H and O–H groups in total. The summed E-state index contributed by atoms with van der Waals surface area (Å²) < 4.78 is 0. The van der Waals surface area contributed by atoms with Crippen LogP contribution in [0, 0.1) is 11.3 Å². The van der Waals surface area contributed by atoms with Crippen molar-refractivity contribution in [3.63, 3.8) is 0 Å². The molecule has 0 unspecified atom stereocenters. The van der Waals surface area contributed by atoms with Crippen LogP contribution in [0.3, 0.4) is 0 Å². The molecule has 0 radical (unpaired) electrons. The first-order chi connectivity index (χ1) is 7.10. The summed E-state index contributed by atoms with van der Waals surface area (Å²) in [7, 11) is 0. The number of allylic oxidation sites excluding steroid dienone is 1. The number of carbonyl (C=O) groups excluding carboxylic acids is 1. The third-order valence-electron chi connectivity index (χ3n) is 3.53. The monoisotopic (exact) mass is 208 g/mol. The smallest absolute Gasteiger partial charge is 0.139 e. The molecule has 0 atom stereocenters. The van der Waals surface area contributed by atoms with Gasteiger partial charge in [-0.3, -0.25) is 4.79 Å². The second-order valence-electron chi connectivity index (χ2n) is 5.34. The Hall–Kier alpha value is -0.590. The molecule has 0 aromatic heterocycles. The Morgan fingerprint density at radius 3 is 2.47 bits per heavy atom. The minimum atomic E-state index is 0.0389. The van der Waals surface area contributed by atoms with Gasteiger partial charge in [0.05, 0.1) is 0 Å². The van der Waals surface area contributed by atoms with Gasteiger partial charge in [-0.2, -0.15) is 0 Å². The van der Waals surface area contributed by atoms with Crippen LogP contribution in [-0.2, 0) is 4.79 Å². The van der Waals surface area contributed by atoms with Crippen LogP contribution >= 0.6 is 0 Å². The molecule has 1 aliphatic rings. The SMILES string of the molecule is C=CCCC(=O)C1(CC(C)C)CCCC1. The highest BCUT2D eigenvalue weighted by Crippen LogP contribution is 2.44. The Balaban J connectivity index is 2.63. The third kappa shape index (κ3) is 3.19.